The zero-order chi connectivity index (χ0) is 14.5. The average molecular weight is 339 g/mol. The molecule has 0 aliphatic rings. The number of halogens is 1. The van der Waals surface area contributed by atoms with Gasteiger partial charge in [-0.05, 0) is 28.1 Å². The Kier molecular flexibility index (Phi) is 4.89. The van der Waals surface area contributed by atoms with Gasteiger partial charge in [0.2, 0.25) is 0 Å². The highest BCUT2D eigenvalue weighted by molar-refractivity contribution is 9.10. The Hall–Kier alpha value is -1.70. The molecule has 0 spiro atoms. The van der Waals surface area contributed by atoms with E-state index in [-0.39, 0.29) is 6.04 Å². The largest absolute Gasteiger partial charge is 0.495 e. The zero-order valence-electron chi connectivity index (χ0n) is 11.1. The number of nitrogens with zero attached hydrogens (tertiary/aromatic N) is 2. The van der Waals surface area contributed by atoms with E-state index in [2.05, 4.69) is 31.3 Å². The molecule has 0 saturated heterocycles. The van der Waals surface area contributed by atoms with Crippen LogP contribution in [0.1, 0.15) is 17.2 Å². The summed E-state index contributed by atoms with van der Waals surface area (Å²) in [7, 11) is 3.20. The van der Waals surface area contributed by atoms with Gasteiger partial charge in [0.15, 0.2) is 0 Å². The van der Waals surface area contributed by atoms with Gasteiger partial charge < -0.3 is 9.47 Å². The van der Waals surface area contributed by atoms with Crippen LogP contribution in [-0.2, 0) is 0 Å². The molecule has 6 nitrogen and oxygen atoms in total. The highest BCUT2D eigenvalue weighted by atomic mass is 79.9. The Morgan fingerprint density at radius 3 is 2.45 bits per heavy atom. The fourth-order valence-corrected chi connectivity index (χ4v) is 2.66. The van der Waals surface area contributed by atoms with Gasteiger partial charge in [-0.1, -0.05) is 0 Å². The van der Waals surface area contributed by atoms with Gasteiger partial charge >= 0.3 is 0 Å². The van der Waals surface area contributed by atoms with Crippen molar-refractivity contribution in [1.82, 2.24) is 15.4 Å². The van der Waals surface area contributed by atoms with Crippen molar-refractivity contribution in [2.75, 3.05) is 14.2 Å². The van der Waals surface area contributed by atoms with Crippen LogP contribution >= 0.6 is 15.9 Å². The quantitative estimate of drug-likeness (QED) is 0.639. The summed E-state index contributed by atoms with van der Waals surface area (Å²) in [5.74, 6) is 7.01. The second-order valence-corrected chi connectivity index (χ2v) is 4.77. The highest BCUT2D eigenvalue weighted by Crippen LogP contribution is 2.40. The first kappa shape index (κ1) is 14.7. The molecule has 0 aliphatic heterocycles. The molecule has 2 rings (SSSR count). The first-order chi connectivity index (χ1) is 9.72. The van der Waals surface area contributed by atoms with Crippen molar-refractivity contribution in [2.24, 2.45) is 5.84 Å². The number of hydrogen-bond acceptors (Lipinski definition) is 6. The van der Waals surface area contributed by atoms with Gasteiger partial charge in [-0.2, -0.15) is 0 Å². The molecule has 0 amide bonds. The van der Waals surface area contributed by atoms with Gasteiger partial charge in [0.1, 0.15) is 22.3 Å². The van der Waals surface area contributed by atoms with E-state index in [4.69, 9.17) is 15.3 Å². The Balaban J connectivity index is 2.53. The van der Waals surface area contributed by atoms with Crippen LogP contribution in [-0.4, -0.2) is 24.2 Å². The molecule has 7 heteroatoms. The molecule has 1 heterocycles. The first-order valence-corrected chi connectivity index (χ1v) is 6.63. The highest BCUT2D eigenvalue weighted by Gasteiger charge is 2.21. The Morgan fingerprint density at radius 2 is 1.90 bits per heavy atom. The number of methoxy groups -OCH3 is 2. The van der Waals surface area contributed by atoms with Crippen LogP contribution < -0.4 is 20.7 Å². The van der Waals surface area contributed by atoms with Crippen molar-refractivity contribution >= 4 is 15.9 Å². The molecule has 2 aromatic rings. The maximum Gasteiger partial charge on any atom is 0.141 e. The molecular formula is C13H15BrN4O2. The van der Waals surface area contributed by atoms with Crippen LogP contribution in [0.2, 0.25) is 0 Å². The molecule has 0 saturated carbocycles. The predicted octanol–water partition coefficient (Wildman–Crippen LogP) is 1.81. The van der Waals surface area contributed by atoms with Crippen molar-refractivity contribution in [3.8, 4) is 11.5 Å². The van der Waals surface area contributed by atoms with Crippen LogP contribution in [0, 0.1) is 0 Å². The van der Waals surface area contributed by atoms with E-state index in [0.29, 0.717) is 11.5 Å². The van der Waals surface area contributed by atoms with Crippen molar-refractivity contribution in [1.29, 1.82) is 0 Å². The van der Waals surface area contributed by atoms with Gasteiger partial charge in [0.05, 0.1) is 20.3 Å². The second-order valence-electron chi connectivity index (χ2n) is 3.98. The number of aromatic nitrogens is 2. The molecule has 20 heavy (non-hydrogen) atoms. The summed E-state index contributed by atoms with van der Waals surface area (Å²) >= 11 is 3.47. The van der Waals surface area contributed by atoms with Gasteiger partial charge in [-0.3, -0.25) is 5.84 Å². The SMILES string of the molecule is COc1ccc(C(NN)c2cncnc2)c(OC)c1Br. The van der Waals surface area contributed by atoms with Crippen molar-refractivity contribution < 1.29 is 9.47 Å². The first-order valence-electron chi connectivity index (χ1n) is 5.84. The maximum atomic E-state index is 5.67. The zero-order valence-corrected chi connectivity index (χ0v) is 12.7. The summed E-state index contributed by atoms with van der Waals surface area (Å²) in [6.45, 7) is 0. The molecular weight excluding hydrogens is 324 g/mol. The van der Waals surface area contributed by atoms with E-state index in [1.54, 1.807) is 26.6 Å². The number of ether oxygens (including phenoxy) is 2. The van der Waals surface area contributed by atoms with Crippen molar-refractivity contribution in [3.05, 3.63) is 46.5 Å². The van der Waals surface area contributed by atoms with Crippen LogP contribution in [0.4, 0.5) is 0 Å². The Labute approximate surface area is 125 Å². The van der Waals surface area contributed by atoms with Gasteiger partial charge in [0, 0.05) is 23.5 Å². The van der Waals surface area contributed by atoms with Crippen molar-refractivity contribution in [2.45, 2.75) is 6.04 Å². The number of nitrogens with two attached hydrogens (primary N) is 1. The van der Waals surface area contributed by atoms with Gasteiger partial charge in [0.25, 0.3) is 0 Å². The molecule has 1 unspecified atom stereocenters. The third-order valence-corrected chi connectivity index (χ3v) is 3.66. The molecule has 1 aromatic carbocycles. The number of rotatable bonds is 5. The molecule has 0 bridgehead atoms. The lowest BCUT2D eigenvalue weighted by Crippen LogP contribution is -2.29. The molecule has 0 fully saturated rings. The van der Waals surface area contributed by atoms with Gasteiger partial charge in [-0.15, -0.1) is 0 Å². The number of nitrogens with one attached hydrogen (secondary N) is 1. The molecule has 0 aliphatic carbocycles. The lowest BCUT2D eigenvalue weighted by atomic mass is 10.0. The minimum Gasteiger partial charge on any atom is -0.495 e. The summed E-state index contributed by atoms with van der Waals surface area (Å²) in [4.78, 5) is 8.01. The molecule has 0 radical (unpaired) electrons. The minimum atomic E-state index is -0.284. The Morgan fingerprint density at radius 1 is 1.20 bits per heavy atom. The molecule has 1 atom stereocenters. The smallest absolute Gasteiger partial charge is 0.141 e. The third kappa shape index (κ3) is 2.74. The fourth-order valence-electron chi connectivity index (χ4n) is 1.97. The number of hydrogen-bond donors (Lipinski definition) is 2. The van der Waals surface area contributed by atoms with E-state index in [1.807, 2.05) is 12.1 Å². The summed E-state index contributed by atoms with van der Waals surface area (Å²) in [5, 5.41) is 0. The number of benzene rings is 1. The van der Waals surface area contributed by atoms with Crippen LogP contribution in [0.25, 0.3) is 0 Å². The van der Waals surface area contributed by atoms with Gasteiger partial charge in [-0.25, -0.2) is 15.4 Å². The normalized spacial score (nSPS) is 12.0. The fraction of sp³-hybridized carbons (Fsp3) is 0.231. The molecule has 1 aromatic heterocycles. The maximum absolute atomic E-state index is 5.67. The van der Waals surface area contributed by atoms with Crippen molar-refractivity contribution in [3.63, 3.8) is 0 Å². The second kappa shape index (κ2) is 6.65. The summed E-state index contributed by atoms with van der Waals surface area (Å²) in [5.41, 5.74) is 4.45. The lowest BCUT2D eigenvalue weighted by Gasteiger charge is -2.20. The number of hydrazine groups is 1. The lowest BCUT2D eigenvalue weighted by molar-refractivity contribution is 0.382. The van der Waals surface area contributed by atoms with E-state index in [9.17, 15) is 0 Å². The van der Waals surface area contributed by atoms with Crippen LogP contribution in [0.15, 0.2) is 35.3 Å². The standard InChI is InChI=1S/C13H15BrN4O2/c1-19-10-4-3-9(13(20-2)11(10)14)12(18-15)8-5-16-7-17-6-8/h3-7,12,18H,15H2,1-2H3. The Bertz CT molecular complexity index is 580. The third-order valence-electron chi connectivity index (χ3n) is 2.91. The van der Waals surface area contributed by atoms with E-state index < -0.39 is 0 Å². The molecule has 3 N–H and O–H groups in total. The minimum absolute atomic E-state index is 0.284. The summed E-state index contributed by atoms with van der Waals surface area (Å²) in [6.07, 6.45) is 4.88. The topological polar surface area (TPSA) is 82.3 Å². The summed E-state index contributed by atoms with van der Waals surface area (Å²) < 4.78 is 11.5. The van der Waals surface area contributed by atoms with Crippen LogP contribution in [0.3, 0.4) is 0 Å². The van der Waals surface area contributed by atoms with E-state index >= 15 is 0 Å². The predicted molar refractivity (Wildman–Crippen MR) is 78.4 cm³/mol. The summed E-state index contributed by atoms with van der Waals surface area (Å²) in [6, 6.07) is 3.45. The average Bonchev–Trinajstić information content (AvgIpc) is 2.49. The monoisotopic (exact) mass is 338 g/mol. The van der Waals surface area contributed by atoms with Crippen LogP contribution in [0.5, 0.6) is 11.5 Å². The van der Waals surface area contributed by atoms with E-state index in [1.165, 1.54) is 6.33 Å². The molecule has 106 valence electrons. The van der Waals surface area contributed by atoms with E-state index in [0.717, 1.165) is 15.6 Å².